The van der Waals surface area contributed by atoms with Gasteiger partial charge in [-0.25, -0.2) is 9.18 Å². The Hall–Kier alpha value is -3.23. The van der Waals surface area contributed by atoms with Crippen molar-refractivity contribution >= 4 is 23.8 Å². The predicted molar refractivity (Wildman–Crippen MR) is 76.7 cm³/mol. The summed E-state index contributed by atoms with van der Waals surface area (Å²) < 4.78 is 18.9. The van der Waals surface area contributed by atoms with Gasteiger partial charge in [-0.15, -0.1) is 0 Å². The molecule has 1 fully saturated rings. The Morgan fingerprint density at radius 1 is 1.38 bits per heavy atom. The number of carbonyl (C=O) groups is 4. The number of benzene rings is 1. The Morgan fingerprint density at radius 2 is 2.08 bits per heavy atom. The number of hydrogen-bond acceptors (Lipinski definition) is 5. The van der Waals surface area contributed by atoms with E-state index in [4.69, 9.17) is 10.5 Å². The molecule has 3 rings (SSSR count). The fourth-order valence-electron chi connectivity index (χ4n) is 2.65. The second kappa shape index (κ2) is 5.15. The average Bonchev–Trinajstić information content (AvgIpc) is 2.78. The van der Waals surface area contributed by atoms with E-state index in [-0.39, 0.29) is 17.7 Å². The Morgan fingerprint density at radius 3 is 2.71 bits per heavy atom. The van der Waals surface area contributed by atoms with E-state index in [9.17, 15) is 23.6 Å². The van der Waals surface area contributed by atoms with Gasteiger partial charge in [-0.05, 0) is 18.2 Å². The second-order valence-corrected chi connectivity index (χ2v) is 5.24. The summed E-state index contributed by atoms with van der Waals surface area (Å²) in [5.74, 6) is -3.76. The molecule has 0 aromatic heterocycles. The molecule has 5 amide bonds. The van der Waals surface area contributed by atoms with Crippen molar-refractivity contribution in [1.29, 1.82) is 0 Å². The molecule has 1 aromatic carbocycles. The molecule has 3 N–H and O–H groups in total. The van der Waals surface area contributed by atoms with E-state index >= 15 is 0 Å². The van der Waals surface area contributed by atoms with Crippen LogP contribution in [-0.4, -0.2) is 28.7 Å². The molecular formula is C15H12FN3O5. The predicted octanol–water partition coefficient (Wildman–Crippen LogP) is 0.271. The summed E-state index contributed by atoms with van der Waals surface area (Å²) in [5, 5.41) is 2.34. The van der Waals surface area contributed by atoms with Crippen molar-refractivity contribution in [2.45, 2.75) is 18.9 Å². The maximum atomic E-state index is 13.7. The SMILES string of the molecule is CCC(=O)N1C(=O)NC2(C=C(C(N)=O)Oc3ccc(F)cc32)C1=O. The van der Waals surface area contributed by atoms with Gasteiger partial charge in [-0.2, -0.15) is 4.90 Å². The molecule has 0 radical (unpaired) electrons. The molecule has 1 unspecified atom stereocenters. The van der Waals surface area contributed by atoms with Crippen molar-refractivity contribution in [2.24, 2.45) is 5.73 Å². The summed E-state index contributed by atoms with van der Waals surface area (Å²) in [6, 6.07) is 2.28. The van der Waals surface area contributed by atoms with Crippen LogP contribution in [0.4, 0.5) is 9.18 Å². The normalized spacial score (nSPS) is 21.9. The lowest BCUT2D eigenvalue weighted by Gasteiger charge is -2.30. The molecule has 8 nitrogen and oxygen atoms in total. The molecule has 2 aliphatic heterocycles. The lowest BCUT2D eigenvalue weighted by atomic mass is 9.86. The van der Waals surface area contributed by atoms with E-state index in [0.29, 0.717) is 4.90 Å². The molecular weight excluding hydrogens is 321 g/mol. The van der Waals surface area contributed by atoms with Gasteiger partial charge in [-0.3, -0.25) is 14.4 Å². The number of primary amides is 1. The number of carbonyl (C=O) groups excluding carboxylic acids is 4. The highest BCUT2D eigenvalue weighted by molar-refractivity contribution is 6.19. The monoisotopic (exact) mass is 333 g/mol. The van der Waals surface area contributed by atoms with Crippen LogP contribution >= 0.6 is 0 Å². The highest BCUT2D eigenvalue weighted by Crippen LogP contribution is 2.41. The number of nitrogens with zero attached hydrogens (tertiary/aromatic N) is 1. The minimum atomic E-state index is -1.93. The van der Waals surface area contributed by atoms with Crippen LogP contribution < -0.4 is 15.8 Å². The molecule has 1 aromatic rings. The second-order valence-electron chi connectivity index (χ2n) is 5.24. The van der Waals surface area contributed by atoms with E-state index < -0.39 is 40.9 Å². The van der Waals surface area contributed by atoms with Gasteiger partial charge in [0.2, 0.25) is 5.91 Å². The van der Waals surface area contributed by atoms with Gasteiger partial charge in [0.25, 0.3) is 11.8 Å². The van der Waals surface area contributed by atoms with Crippen molar-refractivity contribution in [3.63, 3.8) is 0 Å². The van der Waals surface area contributed by atoms with Crippen molar-refractivity contribution in [3.05, 3.63) is 41.4 Å². The lowest BCUT2D eigenvalue weighted by molar-refractivity contribution is -0.141. The highest BCUT2D eigenvalue weighted by atomic mass is 19.1. The number of urea groups is 1. The fraction of sp³-hybridized carbons (Fsp3) is 0.200. The Kier molecular flexibility index (Phi) is 3.36. The van der Waals surface area contributed by atoms with Crippen LogP contribution in [0.25, 0.3) is 0 Å². The maximum absolute atomic E-state index is 13.7. The van der Waals surface area contributed by atoms with Crippen LogP contribution in [0.3, 0.4) is 0 Å². The summed E-state index contributed by atoms with van der Waals surface area (Å²) in [7, 11) is 0. The first-order chi connectivity index (χ1) is 11.3. The van der Waals surface area contributed by atoms with Gasteiger partial charge in [0.05, 0.1) is 0 Å². The molecule has 0 saturated carbocycles. The molecule has 0 aliphatic carbocycles. The zero-order chi connectivity index (χ0) is 17.6. The van der Waals surface area contributed by atoms with Crippen molar-refractivity contribution in [2.75, 3.05) is 0 Å². The smallest absolute Gasteiger partial charge is 0.332 e. The van der Waals surface area contributed by atoms with Crippen LogP contribution in [0.15, 0.2) is 30.0 Å². The molecule has 2 aliphatic rings. The van der Waals surface area contributed by atoms with Crippen LogP contribution in [-0.2, 0) is 19.9 Å². The van der Waals surface area contributed by atoms with Gasteiger partial charge in [-0.1, -0.05) is 6.92 Å². The molecule has 9 heteroatoms. The summed E-state index contributed by atoms with van der Waals surface area (Å²) >= 11 is 0. The van der Waals surface area contributed by atoms with E-state index in [2.05, 4.69) is 5.32 Å². The minimum Gasteiger partial charge on any atom is -0.451 e. The van der Waals surface area contributed by atoms with E-state index in [1.807, 2.05) is 0 Å². The Labute approximate surface area is 135 Å². The minimum absolute atomic E-state index is 0.0212. The summed E-state index contributed by atoms with van der Waals surface area (Å²) in [4.78, 5) is 48.7. The number of amides is 5. The van der Waals surface area contributed by atoms with Crippen molar-refractivity contribution < 1.29 is 28.3 Å². The third-order valence-electron chi connectivity index (χ3n) is 3.78. The van der Waals surface area contributed by atoms with Crippen molar-refractivity contribution in [3.8, 4) is 5.75 Å². The summed E-state index contributed by atoms with van der Waals surface area (Å²) in [5.41, 5.74) is 3.24. The number of hydrogen-bond donors (Lipinski definition) is 2. The van der Waals surface area contributed by atoms with Crippen LogP contribution in [0.5, 0.6) is 5.75 Å². The van der Waals surface area contributed by atoms with Gasteiger partial charge >= 0.3 is 6.03 Å². The maximum Gasteiger partial charge on any atom is 0.332 e. The summed E-state index contributed by atoms with van der Waals surface area (Å²) in [6.07, 6.45) is 0.897. The molecule has 124 valence electrons. The zero-order valence-electron chi connectivity index (χ0n) is 12.5. The van der Waals surface area contributed by atoms with Crippen molar-refractivity contribution in [1.82, 2.24) is 10.2 Å². The van der Waals surface area contributed by atoms with E-state index in [1.54, 1.807) is 0 Å². The first-order valence-corrected chi connectivity index (χ1v) is 7.00. The topological polar surface area (TPSA) is 119 Å². The lowest BCUT2D eigenvalue weighted by Crippen LogP contribution is -2.46. The molecule has 0 bridgehead atoms. The highest BCUT2D eigenvalue weighted by Gasteiger charge is 2.56. The number of nitrogens with one attached hydrogen (secondary N) is 1. The molecule has 1 atom stereocenters. The zero-order valence-corrected chi connectivity index (χ0v) is 12.5. The fourth-order valence-corrected chi connectivity index (χ4v) is 2.65. The number of rotatable bonds is 2. The number of imide groups is 3. The number of nitrogens with two attached hydrogens (primary N) is 1. The molecule has 24 heavy (non-hydrogen) atoms. The van der Waals surface area contributed by atoms with Crippen LogP contribution in [0, 0.1) is 5.82 Å². The van der Waals surface area contributed by atoms with E-state index in [0.717, 1.165) is 18.2 Å². The number of ether oxygens (including phenoxy) is 1. The molecule has 1 saturated heterocycles. The van der Waals surface area contributed by atoms with Gasteiger partial charge in [0.1, 0.15) is 11.6 Å². The standard InChI is InChI=1S/C15H12FN3O5/c1-2-11(20)19-13(22)15(18-14(19)23)6-10(12(17)21)24-9-4-3-7(16)5-8(9)15/h3-6H,2H2,1H3,(H2,17,21)(H,18,23). The number of fused-ring (bicyclic) bond motifs is 2. The van der Waals surface area contributed by atoms with Crippen LogP contribution in [0.2, 0.25) is 0 Å². The van der Waals surface area contributed by atoms with Gasteiger partial charge < -0.3 is 15.8 Å². The van der Waals surface area contributed by atoms with Crippen LogP contribution in [0.1, 0.15) is 18.9 Å². The first kappa shape index (κ1) is 15.7. The Bertz CT molecular complexity index is 834. The largest absolute Gasteiger partial charge is 0.451 e. The quantitative estimate of drug-likeness (QED) is 0.753. The van der Waals surface area contributed by atoms with E-state index in [1.165, 1.54) is 13.0 Å². The Balaban J connectivity index is 2.23. The third-order valence-corrected chi connectivity index (χ3v) is 3.78. The van der Waals surface area contributed by atoms with Gasteiger partial charge in [0.15, 0.2) is 11.3 Å². The van der Waals surface area contributed by atoms with Gasteiger partial charge in [0, 0.05) is 18.1 Å². The molecule has 2 heterocycles. The third kappa shape index (κ3) is 2.05. The first-order valence-electron chi connectivity index (χ1n) is 7.00. The summed E-state index contributed by atoms with van der Waals surface area (Å²) in [6.45, 7) is 1.48. The number of halogens is 1. The average molecular weight is 333 g/mol. The molecule has 1 spiro atoms.